The monoisotopic (exact) mass is 292 g/mol. The SMILES string of the molecule is O=C1NC(=Nc2ccc(Cl)c(Cl)c2)C=C2N=CN=C12. The van der Waals surface area contributed by atoms with Crippen molar-refractivity contribution >= 4 is 52.7 Å². The lowest BCUT2D eigenvalue weighted by atomic mass is 10.2. The lowest BCUT2D eigenvalue weighted by Gasteiger charge is -2.11. The molecule has 94 valence electrons. The van der Waals surface area contributed by atoms with E-state index in [-0.39, 0.29) is 5.91 Å². The second-order valence-electron chi connectivity index (χ2n) is 3.80. The lowest BCUT2D eigenvalue weighted by Crippen LogP contribution is -2.39. The maximum atomic E-state index is 11.7. The van der Waals surface area contributed by atoms with Gasteiger partial charge in [0, 0.05) is 6.08 Å². The summed E-state index contributed by atoms with van der Waals surface area (Å²) < 4.78 is 0. The van der Waals surface area contributed by atoms with Gasteiger partial charge in [0.15, 0.2) is 5.71 Å². The highest BCUT2D eigenvalue weighted by atomic mass is 35.5. The minimum Gasteiger partial charge on any atom is -0.305 e. The van der Waals surface area contributed by atoms with Gasteiger partial charge in [-0.25, -0.2) is 15.0 Å². The van der Waals surface area contributed by atoms with E-state index in [4.69, 9.17) is 23.2 Å². The number of carbonyl (C=O) groups is 1. The van der Waals surface area contributed by atoms with Crippen molar-refractivity contribution in [3.05, 3.63) is 40.0 Å². The Morgan fingerprint density at radius 1 is 1.21 bits per heavy atom. The van der Waals surface area contributed by atoms with Crippen molar-refractivity contribution < 1.29 is 4.79 Å². The number of hydrogen-bond donors (Lipinski definition) is 1. The second kappa shape index (κ2) is 4.60. The van der Waals surface area contributed by atoms with Crippen molar-refractivity contribution in [1.29, 1.82) is 0 Å². The Morgan fingerprint density at radius 2 is 2.05 bits per heavy atom. The summed E-state index contributed by atoms with van der Waals surface area (Å²) in [6.45, 7) is 0. The van der Waals surface area contributed by atoms with E-state index in [1.165, 1.54) is 6.34 Å². The number of amides is 1. The number of fused-ring (bicyclic) bond motifs is 1. The number of nitrogens with one attached hydrogen (secondary N) is 1. The fourth-order valence-corrected chi connectivity index (χ4v) is 1.94. The van der Waals surface area contributed by atoms with Crippen LogP contribution in [-0.2, 0) is 4.79 Å². The van der Waals surface area contributed by atoms with E-state index < -0.39 is 0 Å². The predicted molar refractivity (Wildman–Crippen MR) is 75.7 cm³/mol. The van der Waals surface area contributed by atoms with Crippen LogP contribution in [0.3, 0.4) is 0 Å². The molecule has 0 bridgehead atoms. The minimum absolute atomic E-state index is 0.299. The Balaban J connectivity index is 1.98. The molecule has 0 radical (unpaired) electrons. The van der Waals surface area contributed by atoms with E-state index in [2.05, 4.69) is 20.3 Å². The molecule has 3 rings (SSSR count). The average molecular weight is 293 g/mol. The molecule has 2 heterocycles. The molecule has 0 unspecified atom stereocenters. The molecule has 0 atom stereocenters. The first-order valence-electron chi connectivity index (χ1n) is 5.31. The summed E-state index contributed by atoms with van der Waals surface area (Å²) in [5.74, 6) is 0.0604. The van der Waals surface area contributed by atoms with E-state index in [0.717, 1.165) is 0 Å². The molecule has 0 saturated carbocycles. The fourth-order valence-electron chi connectivity index (χ4n) is 1.65. The summed E-state index contributed by atoms with van der Waals surface area (Å²) in [6.07, 6.45) is 2.98. The zero-order valence-electron chi connectivity index (χ0n) is 9.39. The van der Waals surface area contributed by atoms with Crippen molar-refractivity contribution in [2.75, 3.05) is 0 Å². The largest absolute Gasteiger partial charge is 0.305 e. The van der Waals surface area contributed by atoms with Gasteiger partial charge in [0.05, 0.1) is 21.4 Å². The van der Waals surface area contributed by atoms with Gasteiger partial charge in [-0.1, -0.05) is 23.2 Å². The van der Waals surface area contributed by atoms with Gasteiger partial charge < -0.3 is 5.32 Å². The topological polar surface area (TPSA) is 66.2 Å². The van der Waals surface area contributed by atoms with Crippen LogP contribution < -0.4 is 5.32 Å². The van der Waals surface area contributed by atoms with Gasteiger partial charge in [-0.15, -0.1) is 0 Å². The summed E-state index contributed by atoms with van der Waals surface area (Å²) in [4.78, 5) is 23.8. The highest BCUT2D eigenvalue weighted by Crippen LogP contribution is 2.26. The van der Waals surface area contributed by atoms with Crippen LogP contribution in [0.1, 0.15) is 0 Å². The van der Waals surface area contributed by atoms with E-state index in [9.17, 15) is 4.79 Å². The van der Waals surface area contributed by atoms with Crippen molar-refractivity contribution in [3.8, 4) is 0 Å². The summed E-state index contributed by atoms with van der Waals surface area (Å²) in [5, 5.41) is 3.47. The molecule has 1 aromatic rings. The molecule has 1 N–H and O–H groups in total. The Kier molecular flexibility index (Phi) is 2.93. The van der Waals surface area contributed by atoms with Crippen LogP contribution in [0.2, 0.25) is 10.0 Å². The van der Waals surface area contributed by atoms with Crippen LogP contribution in [0, 0.1) is 0 Å². The number of benzene rings is 1. The normalized spacial score (nSPS) is 19.1. The van der Waals surface area contributed by atoms with E-state index >= 15 is 0 Å². The molecule has 1 amide bonds. The van der Waals surface area contributed by atoms with Crippen molar-refractivity contribution in [2.24, 2.45) is 15.0 Å². The molecular formula is C12H6Cl2N4O. The first-order chi connectivity index (χ1) is 9.13. The Hall–Kier alpha value is -1.98. The Bertz CT molecular complexity index is 704. The van der Waals surface area contributed by atoms with Gasteiger partial charge in [0.25, 0.3) is 5.91 Å². The zero-order valence-corrected chi connectivity index (χ0v) is 10.9. The van der Waals surface area contributed by atoms with Crippen molar-refractivity contribution in [1.82, 2.24) is 5.32 Å². The molecule has 2 aliphatic rings. The highest BCUT2D eigenvalue weighted by molar-refractivity contribution is 6.52. The fraction of sp³-hybridized carbons (Fsp3) is 0. The summed E-state index contributed by atoms with van der Waals surface area (Å²) in [5.41, 5.74) is 1.39. The molecule has 0 fully saturated rings. The predicted octanol–water partition coefficient (Wildman–Crippen LogP) is 2.52. The molecule has 2 aliphatic heterocycles. The molecule has 19 heavy (non-hydrogen) atoms. The maximum absolute atomic E-state index is 11.7. The Morgan fingerprint density at radius 3 is 2.84 bits per heavy atom. The molecule has 0 aromatic heterocycles. The van der Waals surface area contributed by atoms with E-state index in [1.807, 2.05) is 0 Å². The second-order valence-corrected chi connectivity index (χ2v) is 4.62. The number of hydrogen-bond acceptors (Lipinski definition) is 4. The first kappa shape index (κ1) is 12.1. The molecular weight excluding hydrogens is 287 g/mol. The van der Waals surface area contributed by atoms with Gasteiger partial charge in [0.1, 0.15) is 12.2 Å². The van der Waals surface area contributed by atoms with Crippen LogP contribution in [-0.4, -0.2) is 23.8 Å². The maximum Gasteiger partial charge on any atom is 0.277 e. The molecule has 0 saturated heterocycles. The molecule has 5 nitrogen and oxygen atoms in total. The van der Waals surface area contributed by atoms with Crippen LogP contribution in [0.4, 0.5) is 5.69 Å². The quantitative estimate of drug-likeness (QED) is 0.849. The molecule has 1 aromatic carbocycles. The van der Waals surface area contributed by atoms with E-state index in [1.54, 1.807) is 24.3 Å². The van der Waals surface area contributed by atoms with Gasteiger partial charge in [-0.2, -0.15) is 0 Å². The smallest absolute Gasteiger partial charge is 0.277 e. The number of rotatable bonds is 1. The first-order valence-corrected chi connectivity index (χ1v) is 6.06. The van der Waals surface area contributed by atoms with Crippen LogP contribution >= 0.6 is 23.2 Å². The zero-order chi connectivity index (χ0) is 13.4. The number of aliphatic imine (C=N–C) groups is 3. The average Bonchev–Trinajstić information content (AvgIpc) is 2.82. The van der Waals surface area contributed by atoms with Gasteiger partial charge in [-0.05, 0) is 18.2 Å². The number of carbonyl (C=O) groups excluding carboxylic acids is 1. The van der Waals surface area contributed by atoms with Crippen molar-refractivity contribution in [3.63, 3.8) is 0 Å². The number of nitrogens with zero attached hydrogens (tertiary/aromatic N) is 3. The Labute approximate surface area is 118 Å². The van der Waals surface area contributed by atoms with Crippen molar-refractivity contribution in [2.45, 2.75) is 0 Å². The number of amidine groups is 1. The third-order valence-electron chi connectivity index (χ3n) is 2.51. The van der Waals surface area contributed by atoms with Gasteiger partial charge in [0.2, 0.25) is 0 Å². The summed E-state index contributed by atoms with van der Waals surface area (Å²) in [7, 11) is 0. The molecule has 0 aliphatic carbocycles. The van der Waals surface area contributed by atoms with Gasteiger partial charge in [-0.3, -0.25) is 4.79 Å². The van der Waals surface area contributed by atoms with Crippen LogP contribution in [0.25, 0.3) is 0 Å². The molecule has 7 heteroatoms. The third kappa shape index (κ3) is 2.30. The standard InChI is InChI=1S/C12H6Cl2N4O/c13-7-2-1-6(3-8(7)14)17-10-4-9-11(12(19)18-10)16-5-15-9/h1-5H,(H,17,18,19). The lowest BCUT2D eigenvalue weighted by molar-refractivity contribution is -0.113. The molecule has 0 spiro atoms. The third-order valence-corrected chi connectivity index (χ3v) is 3.25. The summed E-state index contributed by atoms with van der Waals surface area (Å²) >= 11 is 11.7. The van der Waals surface area contributed by atoms with Crippen LogP contribution in [0.5, 0.6) is 0 Å². The minimum atomic E-state index is -0.325. The van der Waals surface area contributed by atoms with E-state index in [0.29, 0.717) is 33.0 Å². The van der Waals surface area contributed by atoms with Gasteiger partial charge >= 0.3 is 0 Å². The number of halogens is 2. The highest BCUT2D eigenvalue weighted by Gasteiger charge is 2.25. The summed E-state index contributed by atoms with van der Waals surface area (Å²) in [6, 6.07) is 4.96. The van der Waals surface area contributed by atoms with Crippen LogP contribution in [0.15, 0.2) is 44.9 Å².